The molecule has 0 saturated carbocycles. The van der Waals surface area contributed by atoms with Crippen LogP contribution in [0.4, 0.5) is 0 Å². The zero-order valence-electron chi connectivity index (χ0n) is 19.7. The highest BCUT2D eigenvalue weighted by atomic mass is 16.5. The summed E-state index contributed by atoms with van der Waals surface area (Å²) in [6, 6.07) is 8.08. The number of hydrogen-bond donors (Lipinski definition) is 0. The second kappa shape index (κ2) is 16.5. The lowest BCUT2D eigenvalue weighted by molar-refractivity contribution is -0.134. The molecule has 0 aliphatic heterocycles. The van der Waals surface area contributed by atoms with Crippen molar-refractivity contribution in [3.63, 3.8) is 0 Å². The SMILES string of the molecule is CCCCC/C=C\C/C=C\C/C=C/C/C=C\CCCC(=O)Oc1ccc2ccc(=O)oc2c1. The van der Waals surface area contributed by atoms with Gasteiger partial charge in [-0.2, -0.15) is 0 Å². The Morgan fingerprint density at radius 3 is 2.09 bits per heavy atom. The lowest BCUT2D eigenvalue weighted by atomic mass is 10.2. The minimum Gasteiger partial charge on any atom is -0.426 e. The monoisotopic (exact) mass is 448 g/mol. The van der Waals surface area contributed by atoms with Crippen molar-refractivity contribution in [3.8, 4) is 5.75 Å². The molecular formula is C29H36O4. The van der Waals surface area contributed by atoms with E-state index < -0.39 is 5.63 Å². The molecule has 0 saturated heterocycles. The van der Waals surface area contributed by atoms with E-state index in [-0.39, 0.29) is 5.97 Å². The van der Waals surface area contributed by atoms with Crippen LogP contribution in [0.3, 0.4) is 0 Å². The summed E-state index contributed by atoms with van der Waals surface area (Å²) in [6.07, 6.45) is 27.4. The van der Waals surface area contributed by atoms with Gasteiger partial charge in [0.1, 0.15) is 11.3 Å². The number of fused-ring (bicyclic) bond motifs is 1. The van der Waals surface area contributed by atoms with Crippen molar-refractivity contribution in [1.29, 1.82) is 0 Å². The number of rotatable bonds is 15. The quantitative estimate of drug-likeness (QED) is 0.0915. The summed E-state index contributed by atoms with van der Waals surface area (Å²) in [5, 5.41) is 0.787. The highest BCUT2D eigenvalue weighted by Gasteiger charge is 2.06. The van der Waals surface area contributed by atoms with Gasteiger partial charge < -0.3 is 9.15 Å². The molecular weight excluding hydrogens is 412 g/mol. The highest BCUT2D eigenvalue weighted by molar-refractivity contribution is 5.79. The van der Waals surface area contributed by atoms with E-state index >= 15 is 0 Å². The Kier molecular flexibility index (Phi) is 13.0. The number of carbonyl (C=O) groups excluding carboxylic acids is 1. The fraction of sp³-hybridized carbons (Fsp3) is 0.379. The maximum Gasteiger partial charge on any atom is 0.336 e. The third-order valence-corrected chi connectivity index (χ3v) is 5.04. The molecule has 0 aliphatic rings. The van der Waals surface area contributed by atoms with Gasteiger partial charge in [0.05, 0.1) is 0 Å². The molecule has 1 aromatic carbocycles. The fourth-order valence-electron chi connectivity index (χ4n) is 3.21. The fourth-order valence-corrected chi connectivity index (χ4v) is 3.21. The van der Waals surface area contributed by atoms with Gasteiger partial charge >= 0.3 is 11.6 Å². The molecule has 4 heteroatoms. The molecule has 0 atom stereocenters. The van der Waals surface area contributed by atoms with Gasteiger partial charge in [0.15, 0.2) is 0 Å². The zero-order valence-corrected chi connectivity index (χ0v) is 19.7. The first kappa shape index (κ1) is 26.1. The van der Waals surface area contributed by atoms with Gasteiger partial charge in [-0.05, 0) is 63.1 Å². The molecule has 0 aliphatic carbocycles. The first-order valence-electron chi connectivity index (χ1n) is 12.0. The van der Waals surface area contributed by atoms with Crippen LogP contribution in [0.1, 0.15) is 71.1 Å². The van der Waals surface area contributed by atoms with E-state index in [1.807, 2.05) is 0 Å². The van der Waals surface area contributed by atoms with E-state index in [4.69, 9.17) is 9.15 Å². The molecule has 0 N–H and O–H groups in total. The molecule has 0 amide bonds. The van der Waals surface area contributed by atoms with Gasteiger partial charge in [-0.15, -0.1) is 0 Å². The van der Waals surface area contributed by atoms with Gasteiger partial charge in [-0.25, -0.2) is 4.79 Å². The second-order valence-electron chi connectivity index (χ2n) is 7.91. The number of unbranched alkanes of at least 4 members (excludes halogenated alkanes) is 4. The van der Waals surface area contributed by atoms with Crippen molar-refractivity contribution < 1.29 is 13.9 Å². The summed E-state index contributed by atoms with van der Waals surface area (Å²) < 4.78 is 10.5. The number of allylic oxidation sites excluding steroid dienone is 8. The maximum atomic E-state index is 12.0. The lowest BCUT2D eigenvalue weighted by Gasteiger charge is -2.04. The molecule has 1 heterocycles. The number of carbonyl (C=O) groups is 1. The number of benzene rings is 1. The van der Waals surface area contributed by atoms with Crippen LogP contribution in [0, 0.1) is 0 Å². The topological polar surface area (TPSA) is 56.5 Å². The molecule has 4 nitrogen and oxygen atoms in total. The minimum absolute atomic E-state index is 0.288. The third-order valence-electron chi connectivity index (χ3n) is 5.04. The summed E-state index contributed by atoms with van der Waals surface area (Å²) in [5.41, 5.74) is -0.0149. The van der Waals surface area contributed by atoms with Crippen molar-refractivity contribution in [3.05, 3.63) is 89.4 Å². The minimum atomic E-state index is -0.426. The molecule has 0 unspecified atom stereocenters. The van der Waals surface area contributed by atoms with E-state index in [2.05, 4.69) is 55.5 Å². The van der Waals surface area contributed by atoms with E-state index in [1.54, 1.807) is 24.3 Å². The van der Waals surface area contributed by atoms with Crippen LogP contribution < -0.4 is 10.4 Å². The van der Waals surface area contributed by atoms with E-state index in [1.165, 1.54) is 31.7 Å². The van der Waals surface area contributed by atoms with Crippen molar-refractivity contribution in [2.24, 2.45) is 0 Å². The van der Waals surface area contributed by atoms with Crippen molar-refractivity contribution in [1.82, 2.24) is 0 Å². The van der Waals surface area contributed by atoms with Crippen molar-refractivity contribution in [2.75, 3.05) is 0 Å². The van der Waals surface area contributed by atoms with Gasteiger partial charge in [0.2, 0.25) is 0 Å². The molecule has 1 aromatic heterocycles. The Labute approximate surface area is 197 Å². The van der Waals surface area contributed by atoms with Crippen LogP contribution in [0.5, 0.6) is 5.75 Å². The van der Waals surface area contributed by atoms with E-state index in [0.29, 0.717) is 17.8 Å². The standard InChI is InChI=1S/C29H36O4/c1-2-3-4-5-6-7-8-9-10-11-12-13-14-15-16-17-18-19-28(30)32-26-22-20-25-21-23-29(31)33-27(25)24-26/h6-7,9-10,12-13,15-16,20-24H,2-5,8,11,14,17-19H2,1H3/b7-6-,10-9-,13-12+,16-15-. The lowest BCUT2D eigenvalue weighted by Crippen LogP contribution is -2.07. The Morgan fingerprint density at radius 2 is 1.42 bits per heavy atom. The first-order chi connectivity index (χ1) is 16.2. The van der Waals surface area contributed by atoms with Gasteiger partial charge in [0, 0.05) is 23.9 Å². The highest BCUT2D eigenvalue weighted by Crippen LogP contribution is 2.20. The Bertz CT molecular complexity index is 1010. The van der Waals surface area contributed by atoms with Gasteiger partial charge in [-0.1, -0.05) is 68.4 Å². The van der Waals surface area contributed by atoms with Crippen molar-refractivity contribution in [2.45, 2.75) is 71.1 Å². The molecule has 2 aromatic rings. The Balaban J connectivity index is 1.52. The summed E-state index contributed by atoms with van der Waals surface area (Å²) in [6.45, 7) is 2.23. The van der Waals surface area contributed by atoms with Crippen LogP contribution in [0.15, 0.2) is 88.2 Å². The van der Waals surface area contributed by atoms with E-state index in [9.17, 15) is 9.59 Å². The van der Waals surface area contributed by atoms with E-state index in [0.717, 1.165) is 37.5 Å². The zero-order chi connectivity index (χ0) is 23.6. The maximum absolute atomic E-state index is 12.0. The number of ether oxygens (including phenoxy) is 1. The average Bonchev–Trinajstić information content (AvgIpc) is 2.81. The largest absolute Gasteiger partial charge is 0.426 e. The number of hydrogen-bond acceptors (Lipinski definition) is 4. The van der Waals surface area contributed by atoms with Crippen molar-refractivity contribution >= 4 is 16.9 Å². The Morgan fingerprint density at radius 1 is 0.818 bits per heavy atom. The number of esters is 1. The molecule has 0 bridgehead atoms. The van der Waals surface area contributed by atoms with Crippen LogP contribution in [-0.2, 0) is 4.79 Å². The molecule has 0 fully saturated rings. The summed E-state index contributed by atoms with van der Waals surface area (Å²) in [7, 11) is 0. The second-order valence-corrected chi connectivity index (χ2v) is 7.91. The predicted molar refractivity (Wildman–Crippen MR) is 137 cm³/mol. The van der Waals surface area contributed by atoms with Crippen LogP contribution in [0.25, 0.3) is 11.0 Å². The smallest absolute Gasteiger partial charge is 0.336 e. The normalized spacial score (nSPS) is 12.2. The molecule has 0 spiro atoms. The first-order valence-corrected chi connectivity index (χ1v) is 12.0. The predicted octanol–water partition coefficient (Wildman–Crippen LogP) is 7.84. The Hall–Kier alpha value is -3.14. The molecule has 2 rings (SSSR count). The van der Waals surface area contributed by atoms with Crippen LogP contribution >= 0.6 is 0 Å². The molecule has 0 radical (unpaired) electrons. The molecule has 176 valence electrons. The van der Waals surface area contributed by atoms with Crippen LogP contribution in [-0.4, -0.2) is 5.97 Å². The van der Waals surface area contributed by atoms with Gasteiger partial charge in [-0.3, -0.25) is 4.79 Å². The molecule has 33 heavy (non-hydrogen) atoms. The average molecular weight is 449 g/mol. The summed E-state index contributed by atoms with van der Waals surface area (Å²) >= 11 is 0. The summed E-state index contributed by atoms with van der Waals surface area (Å²) in [4.78, 5) is 23.3. The third kappa shape index (κ3) is 11.9. The summed E-state index contributed by atoms with van der Waals surface area (Å²) in [5.74, 6) is 0.100. The van der Waals surface area contributed by atoms with Gasteiger partial charge in [0.25, 0.3) is 0 Å². The van der Waals surface area contributed by atoms with Crippen LogP contribution in [0.2, 0.25) is 0 Å².